The summed E-state index contributed by atoms with van der Waals surface area (Å²) in [6.45, 7) is 1.56. The van der Waals surface area contributed by atoms with Gasteiger partial charge in [-0.2, -0.15) is 0 Å². The summed E-state index contributed by atoms with van der Waals surface area (Å²) in [6, 6.07) is 15.3. The normalized spacial score (nSPS) is 10.8. The van der Waals surface area contributed by atoms with E-state index >= 15 is 0 Å². The molecule has 3 aromatic carbocycles. The average Bonchev–Trinajstić information content (AvgIpc) is 2.84. The molecule has 13 heteroatoms. The van der Waals surface area contributed by atoms with Gasteiger partial charge in [0.1, 0.15) is 5.75 Å². The van der Waals surface area contributed by atoms with Crippen molar-refractivity contribution < 1.29 is 32.4 Å². The fourth-order valence-corrected chi connectivity index (χ4v) is 4.50. The minimum atomic E-state index is -4.03. The highest BCUT2D eigenvalue weighted by Crippen LogP contribution is 2.27. The zero-order valence-electron chi connectivity index (χ0n) is 18.8. The molecule has 0 spiro atoms. The first kappa shape index (κ1) is 26.6. The Morgan fingerprint density at radius 2 is 1.72 bits per heavy atom. The Morgan fingerprint density at radius 1 is 1.03 bits per heavy atom. The molecule has 0 atom stereocenters. The molecule has 0 aliphatic carbocycles. The summed E-state index contributed by atoms with van der Waals surface area (Å²) in [5.41, 5.74) is -0.0630. The Kier molecular flexibility index (Phi) is 8.61. The van der Waals surface area contributed by atoms with Gasteiger partial charge in [-0.05, 0) is 65.3 Å². The van der Waals surface area contributed by atoms with Gasteiger partial charge in [0.05, 0.1) is 33.4 Å². The van der Waals surface area contributed by atoms with Gasteiger partial charge in [0, 0.05) is 16.6 Å². The van der Waals surface area contributed by atoms with Crippen LogP contribution in [0.4, 0.5) is 17.1 Å². The largest absolute Gasteiger partial charge is 0.494 e. The third kappa shape index (κ3) is 6.79. The number of benzene rings is 3. The molecule has 0 aliphatic rings. The van der Waals surface area contributed by atoms with Crippen molar-refractivity contribution in [3.05, 3.63) is 86.9 Å². The molecule has 11 nitrogen and oxygen atoms in total. The minimum Gasteiger partial charge on any atom is -0.494 e. The molecule has 0 unspecified atom stereocenters. The summed E-state index contributed by atoms with van der Waals surface area (Å²) in [5, 5.41) is 13.3. The highest BCUT2D eigenvalue weighted by molar-refractivity contribution is 9.10. The first-order valence-electron chi connectivity index (χ1n) is 10.4. The van der Waals surface area contributed by atoms with Crippen molar-refractivity contribution in [2.75, 3.05) is 23.3 Å². The fraction of sp³-hybridized carbons (Fsp3) is 0.130. The molecular formula is C23H20BrN3O8S. The summed E-state index contributed by atoms with van der Waals surface area (Å²) < 4.78 is 38.6. The topological polar surface area (TPSA) is 154 Å². The van der Waals surface area contributed by atoms with Gasteiger partial charge in [-0.1, -0.05) is 12.1 Å². The van der Waals surface area contributed by atoms with Gasteiger partial charge in [0.2, 0.25) is 0 Å². The van der Waals surface area contributed by atoms with Crippen LogP contribution in [0.25, 0.3) is 0 Å². The second-order valence-electron chi connectivity index (χ2n) is 7.10. The van der Waals surface area contributed by atoms with E-state index in [9.17, 15) is 28.1 Å². The van der Waals surface area contributed by atoms with Gasteiger partial charge in [0.25, 0.3) is 21.6 Å². The van der Waals surface area contributed by atoms with E-state index in [4.69, 9.17) is 9.47 Å². The van der Waals surface area contributed by atoms with Crippen molar-refractivity contribution in [1.29, 1.82) is 0 Å². The molecular weight excluding hydrogens is 558 g/mol. The molecule has 0 aromatic heterocycles. The van der Waals surface area contributed by atoms with Gasteiger partial charge in [0.15, 0.2) is 6.61 Å². The van der Waals surface area contributed by atoms with Crippen LogP contribution in [0.2, 0.25) is 0 Å². The van der Waals surface area contributed by atoms with Crippen molar-refractivity contribution in [2.24, 2.45) is 0 Å². The van der Waals surface area contributed by atoms with E-state index in [0.717, 1.165) is 0 Å². The molecule has 0 radical (unpaired) electrons. The SMILES string of the molecule is CCOc1ccc(S(=O)(=O)Nc2ccccc2C(=O)OCC(=O)Nc2ccc([N+](=O)[O-])cc2Br)cc1. The third-order valence-electron chi connectivity index (χ3n) is 4.61. The number of carbonyl (C=O) groups excluding carboxylic acids is 2. The molecule has 0 aliphatic heterocycles. The predicted octanol–water partition coefficient (Wildman–Crippen LogP) is 4.35. The van der Waals surface area contributed by atoms with E-state index in [0.29, 0.717) is 12.4 Å². The molecule has 3 rings (SSSR count). The van der Waals surface area contributed by atoms with E-state index in [-0.39, 0.29) is 32.0 Å². The maximum absolute atomic E-state index is 12.8. The number of nitro groups is 1. The van der Waals surface area contributed by atoms with Gasteiger partial charge in [-0.3, -0.25) is 19.6 Å². The Morgan fingerprint density at radius 3 is 2.36 bits per heavy atom. The molecule has 0 saturated carbocycles. The number of sulfonamides is 1. The van der Waals surface area contributed by atoms with E-state index in [1.54, 1.807) is 6.92 Å². The van der Waals surface area contributed by atoms with Crippen LogP contribution in [0.1, 0.15) is 17.3 Å². The summed E-state index contributed by atoms with van der Waals surface area (Å²) >= 11 is 3.13. The number of hydrogen-bond acceptors (Lipinski definition) is 8. The number of halogens is 1. The van der Waals surface area contributed by atoms with Crippen LogP contribution in [0, 0.1) is 10.1 Å². The van der Waals surface area contributed by atoms with E-state index in [1.807, 2.05) is 0 Å². The number of carbonyl (C=O) groups is 2. The Bertz CT molecular complexity index is 1390. The molecule has 0 fully saturated rings. The number of esters is 1. The van der Waals surface area contributed by atoms with Gasteiger partial charge >= 0.3 is 5.97 Å². The van der Waals surface area contributed by atoms with E-state index in [2.05, 4.69) is 26.0 Å². The first-order chi connectivity index (χ1) is 17.1. The Labute approximate surface area is 214 Å². The lowest BCUT2D eigenvalue weighted by Crippen LogP contribution is -2.22. The number of anilines is 2. The minimum absolute atomic E-state index is 0.0325. The molecule has 0 heterocycles. The van der Waals surface area contributed by atoms with Crippen LogP contribution in [0.15, 0.2) is 76.1 Å². The maximum atomic E-state index is 12.8. The van der Waals surface area contributed by atoms with E-state index < -0.39 is 33.4 Å². The summed E-state index contributed by atoms with van der Waals surface area (Å²) in [4.78, 5) is 35.0. The van der Waals surface area contributed by atoms with Crippen LogP contribution in [0.3, 0.4) is 0 Å². The van der Waals surface area contributed by atoms with Crippen LogP contribution >= 0.6 is 15.9 Å². The molecule has 36 heavy (non-hydrogen) atoms. The number of amides is 1. The van der Waals surface area contributed by atoms with Crippen molar-refractivity contribution in [2.45, 2.75) is 11.8 Å². The molecule has 0 saturated heterocycles. The number of rotatable bonds is 10. The molecule has 0 bridgehead atoms. The lowest BCUT2D eigenvalue weighted by molar-refractivity contribution is -0.384. The molecule has 1 amide bonds. The number of hydrogen-bond donors (Lipinski definition) is 2. The number of nitro benzene ring substituents is 1. The standard InChI is InChI=1S/C23H20BrN3O8S/c1-2-34-16-8-10-17(11-9-16)36(32,33)26-20-6-4-3-5-18(20)23(29)35-14-22(28)25-21-12-7-15(27(30)31)13-19(21)24/h3-13,26H,2,14H2,1H3,(H,25,28). The second-order valence-corrected chi connectivity index (χ2v) is 9.64. The maximum Gasteiger partial charge on any atom is 0.340 e. The molecule has 188 valence electrons. The van der Waals surface area contributed by atoms with Crippen LogP contribution in [-0.4, -0.2) is 38.4 Å². The van der Waals surface area contributed by atoms with Gasteiger partial charge in [-0.25, -0.2) is 13.2 Å². The number of ether oxygens (including phenoxy) is 2. The zero-order valence-corrected chi connectivity index (χ0v) is 21.2. The van der Waals surface area contributed by atoms with Crippen LogP contribution < -0.4 is 14.8 Å². The number of para-hydroxylation sites is 1. The van der Waals surface area contributed by atoms with Crippen molar-refractivity contribution in [3.63, 3.8) is 0 Å². The third-order valence-corrected chi connectivity index (χ3v) is 6.65. The lowest BCUT2D eigenvalue weighted by atomic mass is 10.2. The van der Waals surface area contributed by atoms with Crippen LogP contribution in [0.5, 0.6) is 5.75 Å². The molecule has 3 aromatic rings. The van der Waals surface area contributed by atoms with Gasteiger partial charge in [-0.15, -0.1) is 0 Å². The number of non-ortho nitro benzene ring substituents is 1. The highest BCUT2D eigenvalue weighted by atomic mass is 79.9. The number of nitrogens with one attached hydrogen (secondary N) is 2. The second kappa shape index (κ2) is 11.6. The Hall–Kier alpha value is -3.97. The number of nitrogens with zero attached hydrogens (tertiary/aromatic N) is 1. The fourth-order valence-electron chi connectivity index (χ4n) is 2.95. The zero-order chi connectivity index (χ0) is 26.3. The van der Waals surface area contributed by atoms with Crippen molar-refractivity contribution in [3.8, 4) is 5.75 Å². The first-order valence-corrected chi connectivity index (χ1v) is 12.6. The lowest BCUT2D eigenvalue weighted by Gasteiger charge is -2.13. The van der Waals surface area contributed by atoms with Gasteiger partial charge < -0.3 is 14.8 Å². The molecule has 2 N–H and O–H groups in total. The monoisotopic (exact) mass is 577 g/mol. The van der Waals surface area contributed by atoms with Crippen molar-refractivity contribution in [1.82, 2.24) is 0 Å². The highest BCUT2D eigenvalue weighted by Gasteiger charge is 2.20. The Balaban J connectivity index is 1.67. The summed E-state index contributed by atoms with van der Waals surface area (Å²) in [5.74, 6) is -1.12. The predicted molar refractivity (Wildman–Crippen MR) is 135 cm³/mol. The van der Waals surface area contributed by atoms with Crippen LogP contribution in [-0.2, 0) is 19.6 Å². The summed E-state index contributed by atoms with van der Waals surface area (Å²) in [7, 11) is -4.03. The van der Waals surface area contributed by atoms with E-state index in [1.165, 1.54) is 66.7 Å². The smallest absolute Gasteiger partial charge is 0.340 e. The average molecular weight is 578 g/mol. The quantitative estimate of drug-likeness (QED) is 0.205. The summed E-state index contributed by atoms with van der Waals surface area (Å²) in [6.07, 6.45) is 0. The van der Waals surface area contributed by atoms with Crippen molar-refractivity contribution >= 4 is 54.9 Å².